The number of carbonyl (C=O) groups is 3. The number of imide groups is 2. The van der Waals surface area contributed by atoms with Crippen LogP contribution in [0.25, 0.3) is 6.08 Å². The predicted molar refractivity (Wildman–Crippen MR) is 95.1 cm³/mol. The molecule has 1 heterocycles. The van der Waals surface area contributed by atoms with Crippen molar-refractivity contribution in [1.29, 1.82) is 0 Å². The van der Waals surface area contributed by atoms with Crippen LogP contribution in [0.3, 0.4) is 0 Å². The summed E-state index contributed by atoms with van der Waals surface area (Å²) in [5, 5.41) is 11.7. The first-order chi connectivity index (χ1) is 12.4. The van der Waals surface area contributed by atoms with E-state index in [4.69, 9.17) is 16.3 Å². The molecular formula is C18H13ClN2O5. The summed E-state index contributed by atoms with van der Waals surface area (Å²) in [5.41, 5.74) is 0.480. The fourth-order valence-electron chi connectivity index (χ4n) is 2.40. The number of urea groups is 1. The molecule has 2 N–H and O–H groups in total. The maximum Gasteiger partial charge on any atom is 0.335 e. The Labute approximate surface area is 153 Å². The molecule has 1 fully saturated rings. The Bertz CT molecular complexity index is 937. The smallest absolute Gasteiger partial charge is 0.335 e. The van der Waals surface area contributed by atoms with E-state index in [1.807, 2.05) is 0 Å². The molecule has 1 saturated heterocycles. The molecule has 2 aromatic rings. The molecule has 0 aliphatic carbocycles. The monoisotopic (exact) mass is 372 g/mol. The van der Waals surface area contributed by atoms with Crippen LogP contribution >= 0.6 is 11.6 Å². The number of halogens is 1. The zero-order chi connectivity index (χ0) is 18.8. The molecule has 26 heavy (non-hydrogen) atoms. The topological polar surface area (TPSA) is 95.9 Å². The van der Waals surface area contributed by atoms with E-state index in [-0.39, 0.29) is 22.0 Å². The second kappa shape index (κ2) is 6.89. The van der Waals surface area contributed by atoms with Crippen molar-refractivity contribution in [2.75, 3.05) is 12.0 Å². The highest BCUT2D eigenvalue weighted by Crippen LogP contribution is 2.27. The highest BCUT2D eigenvalue weighted by atomic mass is 35.5. The molecule has 1 aliphatic heterocycles. The third kappa shape index (κ3) is 3.25. The van der Waals surface area contributed by atoms with Crippen molar-refractivity contribution < 1.29 is 24.2 Å². The van der Waals surface area contributed by atoms with Gasteiger partial charge in [0.25, 0.3) is 11.8 Å². The number of nitrogens with one attached hydrogen (secondary N) is 1. The zero-order valence-corrected chi connectivity index (χ0v) is 14.3. The number of benzene rings is 2. The van der Waals surface area contributed by atoms with Crippen LogP contribution in [0.4, 0.5) is 10.5 Å². The van der Waals surface area contributed by atoms with E-state index < -0.39 is 17.8 Å². The third-order valence-electron chi connectivity index (χ3n) is 3.72. The molecule has 0 saturated carbocycles. The van der Waals surface area contributed by atoms with Crippen LogP contribution in [-0.2, 0) is 9.59 Å². The van der Waals surface area contributed by atoms with Crippen LogP contribution in [-0.4, -0.2) is 30.1 Å². The summed E-state index contributed by atoms with van der Waals surface area (Å²) >= 11 is 5.84. The number of ether oxygens (including phenoxy) is 1. The minimum atomic E-state index is -0.842. The van der Waals surface area contributed by atoms with Crippen molar-refractivity contribution in [1.82, 2.24) is 5.32 Å². The summed E-state index contributed by atoms with van der Waals surface area (Å²) < 4.78 is 5.05. The van der Waals surface area contributed by atoms with Crippen LogP contribution < -0.4 is 15.0 Å². The number of hydrogen-bond acceptors (Lipinski definition) is 5. The van der Waals surface area contributed by atoms with Gasteiger partial charge >= 0.3 is 6.03 Å². The number of phenolic OH excluding ortho intramolecular Hbond substituents is 1. The van der Waals surface area contributed by atoms with Gasteiger partial charge in [0.1, 0.15) is 17.1 Å². The van der Waals surface area contributed by atoms with Gasteiger partial charge in [-0.25, -0.2) is 9.69 Å². The van der Waals surface area contributed by atoms with Crippen LogP contribution in [0.1, 0.15) is 5.56 Å². The Hall–Kier alpha value is -3.32. The molecule has 0 spiro atoms. The average Bonchev–Trinajstić information content (AvgIpc) is 2.62. The molecule has 0 bridgehead atoms. The highest BCUT2D eigenvalue weighted by molar-refractivity contribution is 6.39. The van der Waals surface area contributed by atoms with Gasteiger partial charge in [0.2, 0.25) is 0 Å². The molecule has 3 rings (SSSR count). The van der Waals surface area contributed by atoms with Gasteiger partial charge in [0.15, 0.2) is 0 Å². The number of phenols is 1. The van der Waals surface area contributed by atoms with Gasteiger partial charge in [-0.15, -0.1) is 0 Å². The summed E-state index contributed by atoms with van der Waals surface area (Å²) in [6.45, 7) is 0. The molecule has 0 atom stereocenters. The second-order valence-corrected chi connectivity index (χ2v) is 5.77. The Balaban J connectivity index is 1.99. The SMILES string of the molecule is COc1ccc(N2C(=O)NC(=O)C(=Cc3ccc(O)c(Cl)c3)C2=O)cc1. The largest absolute Gasteiger partial charge is 0.506 e. The van der Waals surface area contributed by atoms with E-state index in [1.54, 1.807) is 12.1 Å². The number of rotatable bonds is 3. The molecule has 132 valence electrons. The molecule has 2 aromatic carbocycles. The van der Waals surface area contributed by atoms with Crippen molar-refractivity contribution in [3.63, 3.8) is 0 Å². The highest BCUT2D eigenvalue weighted by Gasteiger charge is 2.36. The van der Waals surface area contributed by atoms with Crippen LogP contribution in [0.2, 0.25) is 5.02 Å². The lowest BCUT2D eigenvalue weighted by molar-refractivity contribution is -0.122. The summed E-state index contributed by atoms with van der Waals surface area (Å²) in [7, 11) is 1.50. The van der Waals surface area contributed by atoms with Gasteiger partial charge in [-0.3, -0.25) is 14.9 Å². The lowest BCUT2D eigenvalue weighted by Crippen LogP contribution is -2.54. The summed E-state index contributed by atoms with van der Waals surface area (Å²) in [6.07, 6.45) is 1.30. The minimum absolute atomic E-state index is 0.0751. The number of hydrogen-bond donors (Lipinski definition) is 2. The lowest BCUT2D eigenvalue weighted by Gasteiger charge is -2.26. The Kier molecular flexibility index (Phi) is 4.64. The maximum absolute atomic E-state index is 12.7. The second-order valence-electron chi connectivity index (χ2n) is 5.37. The van der Waals surface area contributed by atoms with E-state index in [0.717, 1.165) is 4.90 Å². The Morgan fingerprint density at radius 2 is 1.81 bits per heavy atom. The van der Waals surface area contributed by atoms with Gasteiger partial charge in [0.05, 0.1) is 17.8 Å². The number of aromatic hydroxyl groups is 1. The molecule has 0 unspecified atom stereocenters. The van der Waals surface area contributed by atoms with E-state index in [1.165, 1.54) is 43.5 Å². The number of anilines is 1. The standard InChI is InChI=1S/C18H13ClN2O5/c1-26-12-5-3-11(4-6-12)21-17(24)13(16(23)20-18(21)25)8-10-2-7-15(22)14(19)9-10/h2-9,22H,1H3,(H,20,23,25). The number of nitrogens with zero attached hydrogens (tertiary/aromatic N) is 1. The first-order valence-electron chi connectivity index (χ1n) is 7.44. The van der Waals surface area contributed by atoms with Gasteiger partial charge in [-0.05, 0) is 48.0 Å². The summed E-state index contributed by atoms with van der Waals surface area (Å²) in [6, 6.07) is 9.63. The lowest BCUT2D eigenvalue weighted by atomic mass is 10.1. The summed E-state index contributed by atoms with van der Waals surface area (Å²) in [5.74, 6) is -1.14. The number of carbonyl (C=O) groups excluding carboxylic acids is 3. The van der Waals surface area contributed by atoms with Crippen molar-refractivity contribution in [3.8, 4) is 11.5 Å². The first kappa shape index (κ1) is 17.5. The molecular weight excluding hydrogens is 360 g/mol. The van der Waals surface area contributed by atoms with Crippen molar-refractivity contribution in [3.05, 3.63) is 58.6 Å². The zero-order valence-electron chi connectivity index (χ0n) is 13.5. The fraction of sp³-hybridized carbons (Fsp3) is 0.0556. The maximum atomic E-state index is 12.7. The van der Waals surface area contributed by atoms with Crippen LogP contribution in [0.5, 0.6) is 11.5 Å². The molecule has 0 aromatic heterocycles. The predicted octanol–water partition coefficient (Wildman–Crippen LogP) is 2.72. The number of barbiturate groups is 1. The number of methoxy groups -OCH3 is 1. The van der Waals surface area contributed by atoms with Gasteiger partial charge in [0, 0.05) is 0 Å². The molecule has 0 radical (unpaired) electrons. The van der Waals surface area contributed by atoms with Gasteiger partial charge in [-0.2, -0.15) is 0 Å². The molecule has 4 amide bonds. The quantitative estimate of drug-likeness (QED) is 0.638. The van der Waals surface area contributed by atoms with E-state index in [0.29, 0.717) is 11.3 Å². The molecule has 8 heteroatoms. The molecule has 1 aliphatic rings. The first-order valence-corrected chi connectivity index (χ1v) is 7.82. The van der Waals surface area contributed by atoms with E-state index in [9.17, 15) is 19.5 Å². The normalized spacial score (nSPS) is 16.0. The van der Waals surface area contributed by atoms with Crippen molar-refractivity contribution in [2.45, 2.75) is 0 Å². The third-order valence-corrected chi connectivity index (χ3v) is 4.02. The van der Waals surface area contributed by atoms with Crippen molar-refractivity contribution in [2.24, 2.45) is 0 Å². The Morgan fingerprint density at radius 3 is 2.42 bits per heavy atom. The fourth-order valence-corrected chi connectivity index (χ4v) is 2.59. The Morgan fingerprint density at radius 1 is 1.12 bits per heavy atom. The van der Waals surface area contributed by atoms with Crippen molar-refractivity contribution >= 4 is 41.2 Å². The average molecular weight is 373 g/mol. The number of amides is 4. The van der Waals surface area contributed by atoms with Gasteiger partial charge < -0.3 is 9.84 Å². The van der Waals surface area contributed by atoms with E-state index >= 15 is 0 Å². The van der Waals surface area contributed by atoms with E-state index in [2.05, 4.69) is 5.32 Å². The summed E-state index contributed by atoms with van der Waals surface area (Å²) in [4.78, 5) is 37.8. The van der Waals surface area contributed by atoms with Crippen LogP contribution in [0.15, 0.2) is 48.0 Å². The van der Waals surface area contributed by atoms with Gasteiger partial charge in [-0.1, -0.05) is 17.7 Å². The molecule has 7 nitrogen and oxygen atoms in total. The van der Waals surface area contributed by atoms with Crippen LogP contribution in [0, 0.1) is 0 Å². The minimum Gasteiger partial charge on any atom is -0.506 e.